The van der Waals surface area contributed by atoms with E-state index in [1.165, 1.54) is 24.2 Å². The minimum Gasteiger partial charge on any atom is -0.382 e. The zero-order chi connectivity index (χ0) is 17.2. The summed E-state index contributed by atoms with van der Waals surface area (Å²) in [5.41, 5.74) is 1.27. The van der Waals surface area contributed by atoms with E-state index in [1.54, 1.807) is 19.3 Å². The highest BCUT2D eigenvalue weighted by Gasteiger charge is 2.33. The minimum atomic E-state index is -3.01. The number of anilines is 1. The van der Waals surface area contributed by atoms with Crippen molar-refractivity contribution >= 4 is 21.4 Å². The first-order valence-electron chi connectivity index (χ1n) is 8.65. The molecular weight excluding hydrogens is 326 g/mol. The van der Waals surface area contributed by atoms with Crippen LogP contribution in [0.4, 0.5) is 5.69 Å². The van der Waals surface area contributed by atoms with Crippen molar-refractivity contribution in [3.05, 3.63) is 24.0 Å². The molecule has 1 atom stereocenters. The van der Waals surface area contributed by atoms with Crippen LogP contribution in [0.5, 0.6) is 0 Å². The van der Waals surface area contributed by atoms with Crippen LogP contribution in [-0.2, 0) is 9.84 Å². The van der Waals surface area contributed by atoms with Crippen molar-refractivity contribution in [3.8, 4) is 0 Å². The number of carbonyl (C=O) groups excluding carboxylic acids is 1. The van der Waals surface area contributed by atoms with Crippen LogP contribution < -0.4 is 5.32 Å². The Morgan fingerprint density at radius 1 is 1.25 bits per heavy atom. The van der Waals surface area contributed by atoms with Crippen molar-refractivity contribution < 1.29 is 13.2 Å². The Labute approximate surface area is 143 Å². The van der Waals surface area contributed by atoms with Crippen molar-refractivity contribution in [3.63, 3.8) is 0 Å². The third kappa shape index (κ3) is 4.06. The lowest BCUT2D eigenvalue weighted by Gasteiger charge is -2.25. The standard InChI is InChI=1S/C17H25N3O3S/c1-20(15-8-10-24(22,23)12-15)17(21)16-11-14(7-9-18-16)19-13-5-3-2-4-6-13/h7,9,11,13,15H,2-6,8,10,12H2,1H3,(H,18,19). The second-order valence-corrected chi connectivity index (χ2v) is 9.11. The molecule has 0 radical (unpaired) electrons. The Morgan fingerprint density at radius 3 is 2.67 bits per heavy atom. The van der Waals surface area contributed by atoms with Crippen LogP contribution in [-0.4, -0.2) is 54.8 Å². The van der Waals surface area contributed by atoms with E-state index >= 15 is 0 Å². The van der Waals surface area contributed by atoms with E-state index in [0.717, 1.165) is 18.5 Å². The molecule has 3 rings (SSSR count). The molecule has 1 aromatic heterocycles. The number of amides is 1. The molecule has 0 spiro atoms. The summed E-state index contributed by atoms with van der Waals surface area (Å²) >= 11 is 0. The Morgan fingerprint density at radius 2 is 2.00 bits per heavy atom. The van der Waals surface area contributed by atoms with E-state index < -0.39 is 9.84 Å². The number of hydrogen-bond donors (Lipinski definition) is 1. The fourth-order valence-corrected chi connectivity index (χ4v) is 5.32. The molecule has 0 aromatic carbocycles. The van der Waals surface area contributed by atoms with Gasteiger partial charge in [-0.15, -0.1) is 0 Å². The lowest BCUT2D eigenvalue weighted by molar-refractivity contribution is 0.0742. The smallest absolute Gasteiger partial charge is 0.272 e. The number of carbonyl (C=O) groups is 1. The van der Waals surface area contributed by atoms with E-state index in [4.69, 9.17) is 0 Å². The summed E-state index contributed by atoms with van der Waals surface area (Å²) in [4.78, 5) is 18.3. The summed E-state index contributed by atoms with van der Waals surface area (Å²) in [5.74, 6) is -0.00858. The minimum absolute atomic E-state index is 0.0508. The monoisotopic (exact) mass is 351 g/mol. The maximum absolute atomic E-state index is 12.6. The molecule has 1 aliphatic carbocycles. The Kier molecular flexibility index (Phi) is 5.08. The summed E-state index contributed by atoms with van der Waals surface area (Å²) in [6.07, 6.45) is 8.24. The van der Waals surface area contributed by atoms with Gasteiger partial charge in [-0.1, -0.05) is 19.3 Å². The summed E-state index contributed by atoms with van der Waals surface area (Å²) in [5, 5.41) is 3.49. The topological polar surface area (TPSA) is 79.4 Å². The summed E-state index contributed by atoms with van der Waals surface area (Å²) in [7, 11) is -1.35. The van der Waals surface area contributed by atoms with Crippen molar-refractivity contribution in [2.24, 2.45) is 0 Å². The van der Waals surface area contributed by atoms with Gasteiger partial charge in [0, 0.05) is 31.0 Å². The molecule has 7 heteroatoms. The Hall–Kier alpha value is -1.63. The van der Waals surface area contributed by atoms with Crippen LogP contribution in [0, 0.1) is 0 Å². The Bertz CT molecular complexity index is 699. The van der Waals surface area contributed by atoms with Gasteiger partial charge in [-0.05, 0) is 31.4 Å². The average Bonchev–Trinajstić information content (AvgIpc) is 2.95. The maximum atomic E-state index is 12.6. The summed E-state index contributed by atoms with van der Waals surface area (Å²) < 4.78 is 23.2. The lowest BCUT2D eigenvalue weighted by Crippen LogP contribution is -2.38. The average molecular weight is 351 g/mol. The van der Waals surface area contributed by atoms with Crippen molar-refractivity contribution in [1.82, 2.24) is 9.88 Å². The normalized spacial score (nSPS) is 23.8. The molecule has 2 heterocycles. The highest BCUT2D eigenvalue weighted by atomic mass is 32.2. The van der Waals surface area contributed by atoms with E-state index in [2.05, 4.69) is 10.3 Å². The van der Waals surface area contributed by atoms with Crippen LogP contribution >= 0.6 is 0 Å². The molecule has 2 aliphatic rings. The van der Waals surface area contributed by atoms with Crippen molar-refractivity contribution in [1.29, 1.82) is 0 Å². The van der Waals surface area contributed by atoms with Gasteiger partial charge in [0.15, 0.2) is 9.84 Å². The molecule has 0 bridgehead atoms. The van der Waals surface area contributed by atoms with Crippen LogP contribution in [0.15, 0.2) is 18.3 Å². The van der Waals surface area contributed by atoms with Gasteiger partial charge < -0.3 is 10.2 Å². The number of nitrogens with one attached hydrogen (secondary N) is 1. The van der Waals surface area contributed by atoms with Crippen molar-refractivity contribution in [2.75, 3.05) is 23.9 Å². The molecule has 1 saturated heterocycles. The Balaban J connectivity index is 1.67. The first kappa shape index (κ1) is 17.2. The zero-order valence-corrected chi connectivity index (χ0v) is 14.9. The molecule has 1 aromatic rings. The van der Waals surface area contributed by atoms with Gasteiger partial charge in [0.25, 0.3) is 5.91 Å². The van der Waals surface area contributed by atoms with Gasteiger partial charge in [-0.2, -0.15) is 0 Å². The lowest BCUT2D eigenvalue weighted by atomic mass is 9.95. The highest BCUT2D eigenvalue weighted by molar-refractivity contribution is 7.91. The van der Waals surface area contributed by atoms with Crippen molar-refractivity contribution in [2.45, 2.75) is 50.6 Å². The number of nitrogens with zero attached hydrogens (tertiary/aromatic N) is 2. The first-order valence-corrected chi connectivity index (χ1v) is 10.5. The van der Waals surface area contributed by atoms with E-state index in [0.29, 0.717) is 18.2 Å². The van der Waals surface area contributed by atoms with E-state index in [-0.39, 0.29) is 23.5 Å². The maximum Gasteiger partial charge on any atom is 0.272 e. The first-order chi connectivity index (χ1) is 11.4. The SMILES string of the molecule is CN(C(=O)c1cc(NC2CCCCC2)ccn1)C1CCS(=O)(=O)C1. The van der Waals surface area contributed by atoms with Crippen LogP contribution in [0.25, 0.3) is 0 Å². The number of aromatic nitrogens is 1. The molecule has 1 saturated carbocycles. The molecule has 2 fully saturated rings. The van der Waals surface area contributed by atoms with Gasteiger partial charge in [-0.25, -0.2) is 8.42 Å². The fourth-order valence-electron chi connectivity index (χ4n) is 3.55. The van der Waals surface area contributed by atoms with E-state index in [1.807, 2.05) is 6.07 Å². The second-order valence-electron chi connectivity index (χ2n) is 6.88. The number of hydrogen-bond acceptors (Lipinski definition) is 5. The summed E-state index contributed by atoms with van der Waals surface area (Å²) in [6.45, 7) is 0. The van der Waals surface area contributed by atoms with Gasteiger partial charge in [0.2, 0.25) is 0 Å². The van der Waals surface area contributed by atoms with Gasteiger partial charge in [0.05, 0.1) is 11.5 Å². The van der Waals surface area contributed by atoms with Gasteiger partial charge in [0.1, 0.15) is 5.69 Å². The largest absolute Gasteiger partial charge is 0.382 e. The third-order valence-electron chi connectivity index (χ3n) is 5.03. The molecule has 1 amide bonds. The molecule has 1 aliphatic heterocycles. The highest BCUT2D eigenvalue weighted by Crippen LogP contribution is 2.23. The van der Waals surface area contributed by atoms with Gasteiger partial charge in [-0.3, -0.25) is 9.78 Å². The summed E-state index contributed by atoms with van der Waals surface area (Å²) in [6, 6.07) is 3.86. The fraction of sp³-hybridized carbons (Fsp3) is 0.647. The molecule has 1 N–H and O–H groups in total. The number of sulfone groups is 1. The second kappa shape index (κ2) is 7.09. The van der Waals surface area contributed by atoms with Crippen LogP contribution in [0.1, 0.15) is 49.0 Å². The number of pyridine rings is 1. The quantitative estimate of drug-likeness (QED) is 0.898. The van der Waals surface area contributed by atoms with Crippen LogP contribution in [0.2, 0.25) is 0 Å². The predicted molar refractivity (Wildman–Crippen MR) is 93.9 cm³/mol. The number of rotatable bonds is 4. The molecule has 6 nitrogen and oxygen atoms in total. The molecule has 24 heavy (non-hydrogen) atoms. The third-order valence-corrected chi connectivity index (χ3v) is 6.78. The predicted octanol–water partition coefficient (Wildman–Crippen LogP) is 2.09. The molecular formula is C17H25N3O3S. The van der Waals surface area contributed by atoms with Crippen LogP contribution in [0.3, 0.4) is 0 Å². The molecule has 1 unspecified atom stereocenters. The van der Waals surface area contributed by atoms with Gasteiger partial charge >= 0.3 is 0 Å². The van der Waals surface area contributed by atoms with E-state index in [9.17, 15) is 13.2 Å². The molecule has 132 valence electrons. The zero-order valence-electron chi connectivity index (χ0n) is 14.1.